The molecular formula is C19H18N2O2. The summed E-state index contributed by atoms with van der Waals surface area (Å²) >= 11 is 0. The van der Waals surface area contributed by atoms with Gasteiger partial charge in [0.25, 0.3) is 0 Å². The molecule has 2 aromatic carbocycles. The third-order valence-corrected chi connectivity index (χ3v) is 3.87. The van der Waals surface area contributed by atoms with Gasteiger partial charge in [-0.25, -0.2) is 0 Å². The molecule has 1 N–H and O–H groups in total. The number of rotatable bonds is 4. The van der Waals surface area contributed by atoms with Gasteiger partial charge in [0.15, 0.2) is 5.78 Å². The van der Waals surface area contributed by atoms with Crippen molar-refractivity contribution in [1.82, 2.24) is 4.57 Å². The molecule has 4 heteroatoms. The number of Topliss-reactive ketones (excluding diaryl/α,β-unsaturated/α-hetero) is 1. The lowest BCUT2D eigenvalue weighted by Crippen LogP contribution is -2.19. The number of anilines is 1. The summed E-state index contributed by atoms with van der Waals surface area (Å²) in [7, 11) is 0. The zero-order chi connectivity index (χ0) is 16.4. The highest BCUT2D eigenvalue weighted by molar-refractivity contribution is 5.97. The fraction of sp³-hybridized carbons (Fsp3) is 0.158. The van der Waals surface area contributed by atoms with E-state index >= 15 is 0 Å². The van der Waals surface area contributed by atoms with E-state index in [2.05, 4.69) is 11.4 Å². The molecule has 0 aliphatic heterocycles. The lowest BCUT2D eigenvalue weighted by Gasteiger charge is -2.10. The number of carbonyl (C=O) groups excluding carboxylic acids is 2. The second-order valence-corrected chi connectivity index (χ2v) is 5.62. The van der Waals surface area contributed by atoms with Crippen LogP contribution in [0.15, 0.2) is 54.6 Å². The number of carbonyl (C=O) groups is 2. The van der Waals surface area contributed by atoms with Crippen molar-refractivity contribution in [2.75, 3.05) is 5.32 Å². The van der Waals surface area contributed by atoms with Gasteiger partial charge in [-0.15, -0.1) is 0 Å². The van der Waals surface area contributed by atoms with Crippen molar-refractivity contribution >= 4 is 28.3 Å². The number of amides is 1. The second-order valence-electron chi connectivity index (χ2n) is 5.62. The Balaban J connectivity index is 1.80. The molecule has 0 spiro atoms. The van der Waals surface area contributed by atoms with Crippen LogP contribution in [-0.4, -0.2) is 16.3 Å². The number of aromatic nitrogens is 1. The van der Waals surface area contributed by atoms with Crippen LogP contribution in [0, 0.1) is 6.92 Å². The van der Waals surface area contributed by atoms with E-state index in [0.29, 0.717) is 11.3 Å². The fourth-order valence-electron chi connectivity index (χ4n) is 2.72. The highest BCUT2D eigenvalue weighted by atomic mass is 16.2. The standard InChI is InChI=1S/C19H18N2O2/c1-13-10-16-6-3-4-9-18(16)21(13)12-19(23)20-17-8-5-7-15(11-17)14(2)22/h3-11H,12H2,1-2H3,(H,20,23). The summed E-state index contributed by atoms with van der Waals surface area (Å²) in [5.41, 5.74) is 3.30. The molecule has 0 radical (unpaired) electrons. The molecular weight excluding hydrogens is 288 g/mol. The third-order valence-electron chi connectivity index (χ3n) is 3.87. The van der Waals surface area contributed by atoms with Gasteiger partial charge in [0.05, 0.1) is 0 Å². The summed E-state index contributed by atoms with van der Waals surface area (Å²) in [6.45, 7) is 3.74. The molecule has 1 aromatic heterocycles. The molecule has 0 atom stereocenters. The second kappa shape index (κ2) is 6.08. The minimum absolute atomic E-state index is 0.0200. The van der Waals surface area contributed by atoms with E-state index in [1.54, 1.807) is 24.3 Å². The molecule has 1 heterocycles. The van der Waals surface area contributed by atoms with Crippen LogP contribution in [-0.2, 0) is 11.3 Å². The number of aryl methyl sites for hydroxylation is 1. The summed E-state index contributed by atoms with van der Waals surface area (Å²) in [5, 5.41) is 3.98. The lowest BCUT2D eigenvalue weighted by atomic mass is 10.1. The normalized spacial score (nSPS) is 10.7. The van der Waals surface area contributed by atoms with Crippen LogP contribution in [0.5, 0.6) is 0 Å². The first-order chi connectivity index (χ1) is 11.0. The molecule has 0 unspecified atom stereocenters. The van der Waals surface area contributed by atoms with Crippen molar-refractivity contribution in [2.45, 2.75) is 20.4 Å². The van der Waals surface area contributed by atoms with E-state index < -0.39 is 0 Å². The number of hydrogen-bond donors (Lipinski definition) is 1. The Bertz CT molecular complexity index is 893. The summed E-state index contributed by atoms with van der Waals surface area (Å²) < 4.78 is 1.99. The average Bonchev–Trinajstić information content (AvgIpc) is 2.83. The van der Waals surface area contributed by atoms with Gasteiger partial charge in [-0.05, 0) is 43.5 Å². The maximum absolute atomic E-state index is 12.3. The molecule has 3 aromatic rings. The quantitative estimate of drug-likeness (QED) is 0.746. The molecule has 0 saturated heterocycles. The number of fused-ring (bicyclic) bond motifs is 1. The Morgan fingerprint density at radius 3 is 2.61 bits per heavy atom. The number of nitrogens with zero attached hydrogens (tertiary/aromatic N) is 1. The smallest absolute Gasteiger partial charge is 0.244 e. The van der Waals surface area contributed by atoms with E-state index in [9.17, 15) is 9.59 Å². The minimum atomic E-state index is -0.116. The Hall–Kier alpha value is -2.88. The molecule has 0 aliphatic rings. The number of para-hydroxylation sites is 1. The topological polar surface area (TPSA) is 51.1 Å². The lowest BCUT2D eigenvalue weighted by molar-refractivity contribution is -0.116. The zero-order valence-corrected chi connectivity index (χ0v) is 13.2. The van der Waals surface area contributed by atoms with E-state index in [-0.39, 0.29) is 18.2 Å². The summed E-state index contributed by atoms with van der Waals surface area (Å²) in [6.07, 6.45) is 0. The van der Waals surface area contributed by atoms with Crippen molar-refractivity contribution in [2.24, 2.45) is 0 Å². The van der Waals surface area contributed by atoms with Crippen LogP contribution >= 0.6 is 0 Å². The number of ketones is 1. The van der Waals surface area contributed by atoms with E-state index in [1.165, 1.54) is 6.92 Å². The molecule has 4 nitrogen and oxygen atoms in total. The number of nitrogens with one attached hydrogen (secondary N) is 1. The van der Waals surface area contributed by atoms with Crippen LogP contribution in [0.4, 0.5) is 5.69 Å². The van der Waals surface area contributed by atoms with Gasteiger partial charge in [-0.2, -0.15) is 0 Å². The first-order valence-corrected chi connectivity index (χ1v) is 7.50. The monoisotopic (exact) mass is 306 g/mol. The number of benzene rings is 2. The van der Waals surface area contributed by atoms with Crippen LogP contribution in [0.3, 0.4) is 0 Å². The summed E-state index contributed by atoms with van der Waals surface area (Å²) in [4.78, 5) is 23.8. The van der Waals surface area contributed by atoms with Gasteiger partial charge in [0.1, 0.15) is 6.54 Å². The number of hydrogen-bond acceptors (Lipinski definition) is 2. The van der Waals surface area contributed by atoms with Gasteiger partial charge < -0.3 is 9.88 Å². The molecule has 0 saturated carbocycles. The third kappa shape index (κ3) is 3.16. The highest BCUT2D eigenvalue weighted by Gasteiger charge is 2.10. The highest BCUT2D eigenvalue weighted by Crippen LogP contribution is 2.19. The summed E-state index contributed by atoms with van der Waals surface area (Å²) in [5.74, 6) is -0.136. The average molecular weight is 306 g/mol. The van der Waals surface area contributed by atoms with Crippen molar-refractivity contribution in [3.8, 4) is 0 Å². The van der Waals surface area contributed by atoms with Crippen molar-refractivity contribution in [3.05, 3.63) is 65.9 Å². The Morgan fingerprint density at radius 1 is 1.04 bits per heavy atom. The summed E-state index contributed by atoms with van der Waals surface area (Å²) in [6, 6.07) is 17.0. The van der Waals surface area contributed by atoms with Crippen molar-refractivity contribution in [3.63, 3.8) is 0 Å². The Kier molecular flexibility index (Phi) is 3.98. The molecule has 0 fully saturated rings. The van der Waals surface area contributed by atoms with Gasteiger partial charge >= 0.3 is 0 Å². The van der Waals surface area contributed by atoms with Crippen LogP contribution < -0.4 is 5.32 Å². The molecule has 0 bridgehead atoms. The van der Waals surface area contributed by atoms with Crippen LogP contribution in [0.25, 0.3) is 10.9 Å². The fourth-order valence-corrected chi connectivity index (χ4v) is 2.72. The Morgan fingerprint density at radius 2 is 1.83 bits per heavy atom. The molecule has 116 valence electrons. The minimum Gasteiger partial charge on any atom is -0.335 e. The predicted octanol–water partition coefficient (Wildman–Crippen LogP) is 3.79. The van der Waals surface area contributed by atoms with Crippen molar-refractivity contribution < 1.29 is 9.59 Å². The predicted molar refractivity (Wildman–Crippen MR) is 91.8 cm³/mol. The largest absolute Gasteiger partial charge is 0.335 e. The molecule has 3 rings (SSSR count). The SMILES string of the molecule is CC(=O)c1cccc(NC(=O)Cn2c(C)cc3ccccc32)c1. The van der Waals surface area contributed by atoms with Crippen LogP contribution in [0.1, 0.15) is 23.0 Å². The first kappa shape index (κ1) is 15.0. The van der Waals surface area contributed by atoms with E-state index in [0.717, 1.165) is 16.6 Å². The van der Waals surface area contributed by atoms with E-state index in [1.807, 2.05) is 35.8 Å². The van der Waals surface area contributed by atoms with Crippen LogP contribution in [0.2, 0.25) is 0 Å². The first-order valence-electron chi connectivity index (χ1n) is 7.50. The van der Waals surface area contributed by atoms with E-state index in [4.69, 9.17) is 0 Å². The van der Waals surface area contributed by atoms with Crippen molar-refractivity contribution in [1.29, 1.82) is 0 Å². The van der Waals surface area contributed by atoms with Gasteiger partial charge in [0.2, 0.25) is 5.91 Å². The molecule has 23 heavy (non-hydrogen) atoms. The van der Waals surface area contributed by atoms with Gasteiger partial charge in [0, 0.05) is 22.5 Å². The maximum atomic E-state index is 12.3. The van der Waals surface area contributed by atoms with Gasteiger partial charge in [-0.3, -0.25) is 9.59 Å². The zero-order valence-electron chi connectivity index (χ0n) is 13.2. The maximum Gasteiger partial charge on any atom is 0.244 e. The van der Waals surface area contributed by atoms with Gasteiger partial charge in [-0.1, -0.05) is 30.3 Å². The molecule has 0 aliphatic carbocycles. The Labute approximate surface area is 134 Å². The molecule has 1 amide bonds.